The van der Waals surface area contributed by atoms with Crippen molar-refractivity contribution in [3.8, 4) is 0 Å². The number of amides is 2. The first kappa shape index (κ1) is 17.1. The Morgan fingerprint density at radius 3 is 2.54 bits per heavy atom. The zero-order chi connectivity index (χ0) is 17.2. The zero-order valence-electron chi connectivity index (χ0n) is 13.5. The van der Waals surface area contributed by atoms with Crippen molar-refractivity contribution in [2.75, 3.05) is 0 Å². The maximum Gasteiger partial charge on any atom is 0.411 e. The molecule has 2 N–H and O–H groups in total. The van der Waals surface area contributed by atoms with Gasteiger partial charge in [-0.3, -0.25) is 0 Å². The van der Waals surface area contributed by atoms with Crippen LogP contribution in [0.1, 0.15) is 57.4 Å². The van der Waals surface area contributed by atoms with Crippen LogP contribution in [0.25, 0.3) is 0 Å². The van der Waals surface area contributed by atoms with Crippen LogP contribution in [0.3, 0.4) is 0 Å². The number of imidazole rings is 1. The lowest BCUT2D eigenvalue weighted by atomic mass is 9.81. The molecule has 0 saturated heterocycles. The predicted molar refractivity (Wildman–Crippen MR) is 82.4 cm³/mol. The van der Waals surface area contributed by atoms with Gasteiger partial charge in [-0.1, -0.05) is 19.3 Å². The summed E-state index contributed by atoms with van der Waals surface area (Å²) in [6.07, 6.45) is 4.98. The summed E-state index contributed by atoms with van der Waals surface area (Å²) in [5.41, 5.74) is -2.08. The van der Waals surface area contributed by atoms with Crippen molar-refractivity contribution in [2.45, 2.75) is 75.2 Å². The molecule has 134 valence electrons. The van der Waals surface area contributed by atoms with Gasteiger partial charge in [-0.05, 0) is 32.1 Å². The average Bonchev–Trinajstić information content (AvgIpc) is 3.17. The second-order valence-electron chi connectivity index (χ2n) is 6.85. The van der Waals surface area contributed by atoms with Gasteiger partial charge in [0.1, 0.15) is 5.54 Å². The Hall–Kier alpha value is -1.73. The van der Waals surface area contributed by atoms with E-state index in [2.05, 4.69) is 15.6 Å². The molecule has 2 saturated carbocycles. The fourth-order valence-corrected chi connectivity index (χ4v) is 3.99. The molecule has 2 amide bonds. The lowest BCUT2D eigenvalue weighted by Gasteiger charge is -2.39. The van der Waals surface area contributed by atoms with Crippen LogP contribution in [0.2, 0.25) is 0 Å². The summed E-state index contributed by atoms with van der Waals surface area (Å²) in [6.45, 7) is 0. The van der Waals surface area contributed by atoms with Gasteiger partial charge in [-0.25, -0.2) is 9.78 Å². The van der Waals surface area contributed by atoms with Crippen LogP contribution in [0, 0.1) is 0 Å². The highest BCUT2D eigenvalue weighted by molar-refractivity contribution is 5.75. The second-order valence-corrected chi connectivity index (χ2v) is 6.85. The molecule has 1 heterocycles. The summed E-state index contributed by atoms with van der Waals surface area (Å²) in [5, 5.41) is 5.03. The molecule has 2 aliphatic rings. The minimum atomic E-state index is -4.43. The van der Waals surface area contributed by atoms with Crippen LogP contribution < -0.4 is 10.6 Å². The normalized spacial score (nSPS) is 27.0. The van der Waals surface area contributed by atoms with E-state index in [9.17, 15) is 18.0 Å². The largest absolute Gasteiger partial charge is 0.411 e. The van der Waals surface area contributed by atoms with Crippen molar-refractivity contribution < 1.29 is 18.0 Å². The Bertz CT molecular complexity index is 552. The number of nitrogens with one attached hydrogen (secondary N) is 2. The van der Waals surface area contributed by atoms with Crippen LogP contribution in [0.4, 0.5) is 18.0 Å². The molecular formula is C16H23F3N4O. The number of aromatic nitrogens is 2. The molecule has 1 aromatic rings. The molecule has 1 aromatic heterocycles. The number of carbonyl (C=O) groups is 1. The van der Waals surface area contributed by atoms with E-state index in [0.717, 1.165) is 25.7 Å². The quantitative estimate of drug-likeness (QED) is 0.881. The van der Waals surface area contributed by atoms with Crippen LogP contribution in [-0.2, 0) is 0 Å². The molecule has 0 radical (unpaired) electrons. The number of hydrogen-bond acceptors (Lipinski definition) is 2. The van der Waals surface area contributed by atoms with E-state index in [1.54, 1.807) is 12.5 Å². The zero-order valence-corrected chi connectivity index (χ0v) is 13.5. The van der Waals surface area contributed by atoms with Gasteiger partial charge in [0.15, 0.2) is 0 Å². The molecule has 8 heteroatoms. The van der Waals surface area contributed by atoms with Crippen LogP contribution in [-0.4, -0.2) is 33.3 Å². The fraction of sp³-hybridized carbons (Fsp3) is 0.750. The SMILES string of the molecule is O=C(N[C@@H]1CCC[C@@H]1n1ccnc1)NC1(C(F)(F)F)CCCCC1. The van der Waals surface area contributed by atoms with E-state index in [0.29, 0.717) is 12.8 Å². The van der Waals surface area contributed by atoms with E-state index in [1.165, 1.54) is 0 Å². The molecule has 0 aliphatic heterocycles. The summed E-state index contributed by atoms with van der Waals surface area (Å²) in [6, 6.07) is -0.842. The van der Waals surface area contributed by atoms with Gasteiger partial charge in [0, 0.05) is 12.4 Å². The van der Waals surface area contributed by atoms with E-state index >= 15 is 0 Å². The summed E-state index contributed by atoms with van der Waals surface area (Å²) in [5.74, 6) is 0. The number of hydrogen-bond donors (Lipinski definition) is 2. The van der Waals surface area contributed by atoms with Gasteiger partial charge in [0.25, 0.3) is 0 Å². The van der Waals surface area contributed by atoms with E-state index < -0.39 is 17.7 Å². The van der Waals surface area contributed by atoms with E-state index in [4.69, 9.17) is 0 Å². The number of carbonyl (C=O) groups excluding carboxylic acids is 1. The van der Waals surface area contributed by atoms with Crippen molar-refractivity contribution in [1.29, 1.82) is 0 Å². The Morgan fingerprint density at radius 1 is 1.17 bits per heavy atom. The molecule has 0 spiro atoms. The monoisotopic (exact) mass is 344 g/mol. The third kappa shape index (κ3) is 3.37. The molecule has 24 heavy (non-hydrogen) atoms. The summed E-state index contributed by atoms with van der Waals surface area (Å²) < 4.78 is 42.5. The first-order valence-electron chi connectivity index (χ1n) is 8.54. The summed E-state index contributed by atoms with van der Waals surface area (Å²) >= 11 is 0. The maximum atomic E-state index is 13.5. The summed E-state index contributed by atoms with van der Waals surface area (Å²) in [7, 11) is 0. The number of halogens is 3. The average molecular weight is 344 g/mol. The Kier molecular flexibility index (Phi) is 4.73. The standard InChI is InChI=1S/C16H23F3N4O/c17-16(18,19)15(7-2-1-3-8-15)22-14(24)21-12-5-4-6-13(12)23-10-9-20-11-23/h9-13H,1-8H2,(H2,21,22,24)/t12-,13+/m1/s1. The molecule has 2 aliphatic carbocycles. The minimum absolute atomic E-state index is 0.0421. The Balaban J connectivity index is 1.65. The number of urea groups is 1. The highest BCUT2D eigenvalue weighted by Crippen LogP contribution is 2.41. The van der Waals surface area contributed by atoms with Crippen molar-refractivity contribution in [3.05, 3.63) is 18.7 Å². The number of rotatable bonds is 3. The van der Waals surface area contributed by atoms with Crippen molar-refractivity contribution in [3.63, 3.8) is 0 Å². The predicted octanol–water partition coefficient (Wildman–Crippen LogP) is 3.54. The first-order chi connectivity index (χ1) is 11.4. The lowest BCUT2D eigenvalue weighted by Crippen LogP contribution is -2.62. The number of alkyl halides is 3. The maximum absolute atomic E-state index is 13.5. The summed E-state index contributed by atoms with van der Waals surface area (Å²) in [4.78, 5) is 16.3. The van der Waals surface area contributed by atoms with Gasteiger partial charge < -0.3 is 15.2 Å². The number of nitrogens with zero attached hydrogens (tertiary/aromatic N) is 2. The topological polar surface area (TPSA) is 59.0 Å². The molecule has 5 nitrogen and oxygen atoms in total. The van der Waals surface area contributed by atoms with Gasteiger partial charge in [-0.2, -0.15) is 13.2 Å². The highest BCUT2D eigenvalue weighted by Gasteiger charge is 2.55. The second kappa shape index (κ2) is 6.64. The Morgan fingerprint density at radius 2 is 1.92 bits per heavy atom. The third-order valence-corrected chi connectivity index (χ3v) is 5.31. The third-order valence-electron chi connectivity index (χ3n) is 5.31. The molecule has 0 bridgehead atoms. The van der Waals surface area contributed by atoms with Gasteiger partial charge >= 0.3 is 12.2 Å². The molecule has 2 atom stereocenters. The molecular weight excluding hydrogens is 321 g/mol. The van der Waals surface area contributed by atoms with Crippen LogP contribution in [0.15, 0.2) is 18.7 Å². The fourth-order valence-electron chi connectivity index (χ4n) is 3.99. The highest BCUT2D eigenvalue weighted by atomic mass is 19.4. The molecule has 3 rings (SSSR count). The Labute approximate surface area is 139 Å². The molecule has 0 unspecified atom stereocenters. The van der Waals surface area contributed by atoms with Crippen LogP contribution in [0.5, 0.6) is 0 Å². The van der Waals surface area contributed by atoms with Crippen molar-refractivity contribution >= 4 is 6.03 Å². The van der Waals surface area contributed by atoms with Crippen molar-refractivity contribution in [1.82, 2.24) is 20.2 Å². The van der Waals surface area contributed by atoms with Crippen molar-refractivity contribution in [2.24, 2.45) is 0 Å². The molecule has 0 aromatic carbocycles. The van der Waals surface area contributed by atoms with Gasteiger partial charge in [0.2, 0.25) is 0 Å². The van der Waals surface area contributed by atoms with Gasteiger partial charge in [0.05, 0.1) is 18.4 Å². The first-order valence-corrected chi connectivity index (χ1v) is 8.54. The molecule has 2 fully saturated rings. The van der Waals surface area contributed by atoms with E-state index in [-0.39, 0.29) is 24.9 Å². The van der Waals surface area contributed by atoms with E-state index in [1.807, 2.05) is 10.8 Å². The van der Waals surface area contributed by atoms with Crippen LogP contribution >= 0.6 is 0 Å². The minimum Gasteiger partial charge on any atom is -0.333 e. The smallest absolute Gasteiger partial charge is 0.333 e. The lowest BCUT2D eigenvalue weighted by molar-refractivity contribution is -0.201. The van der Waals surface area contributed by atoms with Gasteiger partial charge in [-0.15, -0.1) is 0 Å².